The molecule has 0 amide bonds. The summed E-state index contributed by atoms with van der Waals surface area (Å²) in [6.45, 7) is 0. The first-order valence-electron chi connectivity index (χ1n) is 0.732. The van der Waals surface area contributed by atoms with Crippen molar-refractivity contribution in [3.8, 4) is 0 Å². The summed E-state index contributed by atoms with van der Waals surface area (Å²) >= 11 is 3.47. The molecule has 0 saturated heterocycles. The Morgan fingerprint density at radius 2 is 1.75 bits per heavy atom. The molecule has 1 heterocycles. The van der Waals surface area contributed by atoms with E-state index in [1.165, 1.54) is 0 Å². The molecule has 0 aliphatic heterocycles. The van der Waals surface area contributed by atoms with Gasteiger partial charge in [-0.25, -0.2) is 0 Å². The molecule has 0 N–H and O–H groups in total. The van der Waals surface area contributed by atoms with Gasteiger partial charge in [0, 0.05) is 12.8 Å². The average molecular weight is 79.1 g/mol. The standard InChI is InChI=1S/HNO2S/c4-1-2-3-1/h4H. The molecule has 0 fully saturated rings. The lowest BCUT2D eigenvalue weighted by molar-refractivity contribution is 0.264. The summed E-state index contributed by atoms with van der Waals surface area (Å²) in [6, 6.07) is 0. The molecule has 3 nitrogen and oxygen atoms in total. The summed E-state index contributed by atoms with van der Waals surface area (Å²) in [5, 5.41) is 0. The van der Waals surface area contributed by atoms with Crippen molar-refractivity contribution in [2.45, 2.75) is 0 Å². The van der Waals surface area contributed by atoms with Gasteiger partial charge in [-0.1, -0.05) is 0 Å². The quantitative estimate of drug-likeness (QED) is 0.359. The first-order valence-corrected chi connectivity index (χ1v) is 1.13. The Hall–Kier alpha value is -0.250. The zero-order valence-electron chi connectivity index (χ0n) is 1.71. The Bertz CT molecular complexity index is 64.6. The van der Waals surface area contributed by atoms with E-state index >= 15 is 0 Å². The van der Waals surface area contributed by atoms with Crippen LogP contribution in [0.25, 0.3) is 0 Å². The van der Waals surface area contributed by atoms with Gasteiger partial charge < -0.3 is 0 Å². The van der Waals surface area contributed by atoms with E-state index in [-0.39, 0.29) is 0 Å². The number of thiol groups is 1. The predicted molar refractivity (Wildman–Crippen MR) is 13.3 cm³/mol. The number of nitrogens with zero attached hydrogens (tertiary/aromatic N) is 1. The van der Waals surface area contributed by atoms with Crippen LogP contribution in [0.2, 0.25) is 0 Å². The first-order chi connectivity index (χ1) is 1.89. The lowest BCUT2D eigenvalue weighted by Gasteiger charge is -1.32. The third-order valence-corrected chi connectivity index (χ3v) is 0.275. The fourth-order valence-electron chi connectivity index (χ4n) is 0.0149. The molecule has 0 aliphatic carbocycles. The highest BCUT2D eigenvalue weighted by molar-refractivity contribution is 7.78. The third-order valence-electron chi connectivity index (χ3n) is 0.141. The van der Waals surface area contributed by atoms with Crippen molar-refractivity contribution in [2.24, 2.45) is 0 Å². The molecule has 0 unspecified atom stereocenters. The Labute approximate surface area is 27.6 Å². The average Bonchev–Trinajstić information content (AvgIpc) is 1.75. The van der Waals surface area contributed by atoms with Crippen molar-refractivity contribution in [3.63, 3.8) is 0 Å². The van der Waals surface area contributed by atoms with Crippen LogP contribution < -0.4 is 0 Å². The molecule has 0 aromatic carbocycles. The minimum absolute atomic E-state index is 0.944. The second kappa shape index (κ2) is 0.373. The molecule has 4 heteroatoms. The number of rotatable bonds is 0. The summed E-state index contributed by atoms with van der Waals surface area (Å²) in [7, 11) is 0. The maximum atomic E-state index is 3.91. The molecular weight excluding hydrogens is 78.1 g/mol. The van der Waals surface area contributed by atoms with Crippen LogP contribution >= 0.6 is 12.8 Å². The minimum atomic E-state index is 0.944. The van der Waals surface area contributed by atoms with Gasteiger partial charge in [0.2, 0.25) is 0 Å². The lowest BCUT2D eigenvalue weighted by Crippen LogP contribution is -1.38. The van der Waals surface area contributed by atoms with Crippen molar-refractivity contribution in [1.29, 1.82) is 0 Å². The van der Waals surface area contributed by atoms with Gasteiger partial charge in [0.15, 0.2) is 0 Å². The normalized spacial score (nSPS) is 9.25. The van der Waals surface area contributed by atoms with Crippen LogP contribution in [0, 0.1) is 0 Å². The number of hydrogen-bond donors (Lipinski definition) is 1. The van der Waals surface area contributed by atoms with E-state index in [9.17, 15) is 0 Å². The summed E-state index contributed by atoms with van der Waals surface area (Å²) in [5.41, 5.74) is 0. The van der Waals surface area contributed by atoms with Crippen molar-refractivity contribution >= 4 is 12.8 Å². The molecular formula is HNO2S. The van der Waals surface area contributed by atoms with Crippen molar-refractivity contribution < 1.29 is 9.36 Å². The molecule has 0 spiro atoms. The van der Waals surface area contributed by atoms with E-state index in [1.807, 2.05) is 0 Å². The highest BCUT2D eigenvalue weighted by Gasteiger charge is 1.82. The summed E-state index contributed by atoms with van der Waals surface area (Å²) in [4.78, 5) is 0. The van der Waals surface area contributed by atoms with Gasteiger partial charge in [0.25, 0.3) is 0 Å². The number of hydrogen-bond acceptors (Lipinski definition) is 3. The fraction of sp³-hybridized carbons (Fsp3) is 0. The summed E-state index contributed by atoms with van der Waals surface area (Å²) in [5.74, 6) is 0. The second-order valence-electron chi connectivity index (χ2n) is 0.387. The van der Waals surface area contributed by atoms with Crippen LogP contribution in [0.4, 0.5) is 0 Å². The van der Waals surface area contributed by atoms with Crippen LogP contribution in [0.3, 0.4) is 0 Å². The SMILES string of the molecule is Sn1oo1. The van der Waals surface area contributed by atoms with E-state index in [4.69, 9.17) is 0 Å². The zero-order chi connectivity index (χ0) is 2.99. The highest BCUT2D eigenvalue weighted by Crippen LogP contribution is 1.90. The smallest absolute Gasteiger partial charge is 0.0832 e. The van der Waals surface area contributed by atoms with E-state index in [0.29, 0.717) is 0 Å². The van der Waals surface area contributed by atoms with Gasteiger partial charge in [-0.05, 0) is 0 Å². The van der Waals surface area contributed by atoms with Crippen molar-refractivity contribution in [3.05, 3.63) is 0 Å². The molecule has 24 valence electrons. The second-order valence-corrected chi connectivity index (χ2v) is 0.714. The van der Waals surface area contributed by atoms with Crippen LogP contribution in [0.5, 0.6) is 0 Å². The highest BCUT2D eigenvalue weighted by atomic mass is 32.1. The molecule has 1 aromatic rings. The molecule has 0 atom stereocenters. The molecule has 0 radical (unpaired) electrons. The third kappa shape index (κ3) is 0.130. The van der Waals surface area contributed by atoms with Gasteiger partial charge >= 0.3 is 0 Å². The molecule has 1 aromatic heterocycles. The zero-order valence-corrected chi connectivity index (χ0v) is 2.61. The van der Waals surface area contributed by atoms with Gasteiger partial charge in [0.1, 0.15) is 0 Å². The van der Waals surface area contributed by atoms with E-state index < -0.39 is 0 Å². The van der Waals surface area contributed by atoms with Crippen molar-refractivity contribution in [1.82, 2.24) is 4.32 Å². The predicted octanol–water partition coefficient (Wildman–Crippen LogP) is 0.367. The number of aromatic nitrogens is 1. The van der Waals surface area contributed by atoms with Gasteiger partial charge in [0.05, 0.1) is 4.32 Å². The topological polar surface area (TPSA) is 31.2 Å². The van der Waals surface area contributed by atoms with Gasteiger partial charge in [-0.2, -0.15) is 0 Å². The summed E-state index contributed by atoms with van der Waals surface area (Å²) in [6.07, 6.45) is 0. The van der Waals surface area contributed by atoms with Gasteiger partial charge in [-0.3, -0.25) is 0 Å². The molecule has 0 saturated carbocycles. The maximum absolute atomic E-state index is 3.91. The molecule has 1 rings (SSSR count). The molecule has 4 heavy (non-hydrogen) atoms. The van der Waals surface area contributed by atoms with Crippen LogP contribution in [0.15, 0.2) is 9.36 Å². The van der Waals surface area contributed by atoms with E-state index in [2.05, 4.69) is 22.2 Å². The Balaban J connectivity index is 2.81. The Morgan fingerprint density at radius 3 is 1.75 bits per heavy atom. The minimum Gasteiger partial charge on any atom is -0.120 e. The molecule has 0 bridgehead atoms. The van der Waals surface area contributed by atoms with E-state index in [1.54, 1.807) is 0 Å². The van der Waals surface area contributed by atoms with E-state index in [0.717, 1.165) is 4.32 Å². The Morgan fingerprint density at radius 1 is 1.50 bits per heavy atom. The first kappa shape index (κ1) is 2.02. The van der Waals surface area contributed by atoms with Gasteiger partial charge in [-0.15, -0.1) is 9.36 Å². The monoisotopic (exact) mass is 79.0 g/mol. The Kier molecular flexibility index (Phi) is 0.188. The van der Waals surface area contributed by atoms with Crippen molar-refractivity contribution in [2.75, 3.05) is 0 Å². The van der Waals surface area contributed by atoms with Crippen LogP contribution in [-0.2, 0) is 0 Å². The summed E-state index contributed by atoms with van der Waals surface area (Å²) < 4.78 is 8.76. The van der Waals surface area contributed by atoms with Crippen LogP contribution in [0.1, 0.15) is 0 Å². The largest absolute Gasteiger partial charge is 0.120 e. The van der Waals surface area contributed by atoms with Crippen LogP contribution in [-0.4, -0.2) is 4.32 Å². The lowest BCUT2D eigenvalue weighted by atomic mass is 13.5. The molecule has 0 aliphatic rings. The fourth-order valence-corrected chi connectivity index (χ4v) is 0.0447. The maximum Gasteiger partial charge on any atom is 0.0832 e.